The summed E-state index contributed by atoms with van der Waals surface area (Å²) < 4.78 is 5.81. The summed E-state index contributed by atoms with van der Waals surface area (Å²) in [6.45, 7) is 9.51. The number of rotatable bonds is 6. The Morgan fingerprint density at radius 2 is 1.88 bits per heavy atom. The molecular formula is C14H23NO. The first-order chi connectivity index (χ1) is 7.65. The van der Waals surface area contributed by atoms with Crippen molar-refractivity contribution >= 4 is 0 Å². The predicted octanol–water partition coefficient (Wildman–Crippen LogP) is 3.53. The summed E-state index contributed by atoms with van der Waals surface area (Å²) in [5.41, 5.74) is 1.24. The quantitative estimate of drug-likeness (QED) is 0.793. The first kappa shape index (κ1) is 13.0. The zero-order valence-corrected chi connectivity index (χ0v) is 10.8. The zero-order chi connectivity index (χ0) is 12.0. The smallest absolute Gasteiger partial charge is 0.124 e. The summed E-state index contributed by atoms with van der Waals surface area (Å²) >= 11 is 0. The molecule has 1 aromatic rings. The van der Waals surface area contributed by atoms with Crippen LogP contribution in [0.15, 0.2) is 24.3 Å². The molecule has 0 spiro atoms. The van der Waals surface area contributed by atoms with E-state index in [2.05, 4.69) is 45.1 Å². The van der Waals surface area contributed by atoms with E-state index in [9.17, 15) is 0 Å². The molecule has 1 atom stereocenters. The number of hydrogen-bond acceptors (Lipinski definition) is 2. The molecule has 0 aliphatic rings. The lowest BCUT2D eigenvalue weighted by molar-refractivity contribution is 0.238. The number of ether oxygens (including phenoxy) is 1. The van der Waals surface area contributed by atoms with Crippen LogP contribution in [0.3, 0.4) is 0 Å². The van der Waals surface area contributed by atoms with Gasteiger partial charge in [0.25, 0.3) is 0 Å². The molecule has 0 fully saturated rings. The highest BCUT2D eigenvalue weighted by atomic mass is 16.5. The third-order valence-corrected chi connectivity index (χ3v) is 2.45. The molecule has 1 aromatic carbocycles. The van der Waals surface area contributed by atoms with E-state index in [4.69, 9.17) is 4.74 Å². The number of nitrogens with one attached hydrogen (secondary N) is 1. The van der Waals surface area contributed by atoms with Crippen molar-refractivity contribution in [1.82, 2.24) is 5.32 Å². The lowest BCUT2D eigenvalue weighted by atomic mass is 10.1. The molecule has 0 radical (unpaired) electrons. The Hall–Kier alpha value is -1.02. The van der Waals surface area contributed by atoms with Crippen molar-refractivity contribution in [2.45, 2.75) is 46.3 Å². The molecule has 0 aromatic heterocycles. The van der Waals surface area contributed by atoms with Crippen molar-refractivity contribution in [3.8, 4) is 5.75 Å². The molecule has 0 bridgehead atoms. The van der Waals surface area contributed by atoms with Gasteiger partial charge in [-0.3, -0.25) is 0 Å². The number of benzene rings is 1. The Morgan fingerprint density at radius 3 is 2.50 bits per heavy atom. The van der Waals surface area contributed by atoms with Crippen LogP contribution in [-0.2, 0) is 0 Å². The Kier molecular flexibility index (Phi) is 5.33. The minimum atomic E-state index is 0.222. The molecule has 0 heterocycles. The third-order valence-electron chi connectivity index (χ3n) is 2.45. The van der Waals surface area contributed by atoms with Gasteiger partial charge < -0.3 is 10.1 Å². The largest absolute Gasteiger partial charge is 0.491 e. The monoisotopic (exact) mass is 221 g/mol. The molecule has 0 amide bonds. The van der Waals surface area contributed by atoms with Gasteiger partial charge in [-0.25, -0.2) is 0 Å². The highest BCUT2D eigenvalue weighted by molar-refractivity contribution is 5.35. The van der Waals surface area contributed by atoms with E-state index in [1.54, 1.807) is 0 Å². The molecule has 0 saturated carbocycles. The Bertz CT molecular complexity index is 309. The molecule has 16 heavy (non-hydrogen) atoms. The maximum absolute atomic E-state index is 5.81. The van der Waals surface area contributed by atoms with Crippen molar-refractivity contribution in [2.75, 3.05) is 6.54 Å². The number of para-hydroxylation sites is 1. The van der Waals surface area contributed by atoms with Gasteiger partial charge in [-0.15, -0.1) is 0 Å². The molecule has 2 nitrogen and oxygen atoms in total. The number of hydrogen-bond donors (Lipinski definition) is 1. The molecular weight excluding hydrogens is 198 g/mol. The standard InChI is InChI=1S/C14H23NO/c1-5-10-15-12(4)13-8-6-7-9-14(13)16-11(2)3/h6-9,11-12,15H,5,10H2,1-4H3/t12-/m0/s1. The van der Waals surface area contributed by atoms with Gasteiger partial charge >= 0.3 is 0 Å². The highest BCUT2D eigenvalue weighted by Crippen LogP contribution is 2.25. The molecule has 0 saturated heterocycles. The van der Waals surface area contributed by atoms with E-state index >= 15 is 0 Å². The molecule has 0 aliphatic heterocycles. The second-order valence-corrected chi connectivity index (χ2v) is 4.38. The molecule has 1 N–H and O–H groups in total. The van der Waals surface area contributed by atoms with Gasteiger partial charge in [0.1, 0.15) is 5.75 Å². The summed E-state index contributed by atoms with van der Waals surface area (Å²) in [7, 11) is 0. The summed E-state index contributed by atoms with van der Waals surface area (Å²) in [5, 5.41) is 3.48. The van der Waals surface area contributed by atoms with Crippen LogP contribution < -0.4 is 10.1 Å². The SMILES string of the molecule is CCCN[C@@H](C)c1ccccc1OC(C)C. The summed E-state index contributed by atoms with van der Waals surface area (Å²) in [6, 6.07) is 8.60. The van der Waals surface area contributed by atoms with Crippen LogP contribution in [0.4, 0.5) is 0 Å². The summed E-state index contributed by atoms with van der Waals surface area (Å²) in [6.07, 6.45) is 1.37. The topological polar surface area (TPSA) is 21.3 Å². The van der Waals surface area contributed by atoms with Gasteiger partial charge in [0, 0.05) is 11.6 Å². The van der Waals surface area contributed by atoms with E-state index in [-0.39, 0.29) is 6.10 Å². The lowest BCUT2D eigenvalue weighted by Gasteiger charge is -2.19. The average Bonchev–Trinajstić information content (AvgIpc) is 2.26. The fraction of sp³-hybridized carbons (Fsp3) is 0.571. The van der Waals surface area contributed by atoms with Crippen LogP contribution in [0.1, 0.15) is 45.7 Å². The van der Waals surface area contributed by atoms with Crippen molar-refractivity contribution in [2.24, 2.45) is 0 Å². The third kappa shape index (κ3) is 3.86. The first-order valence-electron chi connectivity index (χ1n) is 6.14. The molecule has 90 valence electrons. The van der Waals surface area contributed by atoms with Gasteiger partial charge in [0.2, 0.25) is 0 Å². The summed E-state index contributed by atoms with van der Waals surface area (Å²) in [5.74, 6) is 0.994. The molecule has 0 aliphatic carbocycles. The van der Waals surface area contributed by atoms with Gasteiger partial charge in [0.05, 0.1) is 6.10 Å². The zero-order valence-electron chi connectivity index (χ0n) is 10.8. The van der Waals surface area contributed by atoms with Gasteiger partial charge in [0.15, 0.2) is 0 Å². The van der Waals surface area contributed by atoms with E-state index in [0.29, 0.717) is 6.04 Å². The minimum Gasteiger partial charge on any atom is -0.491 e. The van der Waals surface area contributed by atoms with Crippen LogP contribution in [0, 0.1) is 0 Å². The van der Waals surface area contributed by atoms with Crippen molar-refractivity contribution < 1.29 is 4.74 Å². The van der Waals surface area contributed by atoms with Gasteiger partial charge in [-0.2, -0.15) is 0 Å². The van der Waals surface area contributed by atoms with E-state index in [1.807, 2.05) is 12.1 Å². The molecule has 0 unspecified atom stereocenters. The van der Waals surface area contributed by atoms with Crippen LogP contribution in [0.5, 0.6) is 5.75 Å². The van der Waals surface area contributed by atoms with Crippen LogP contribution in [0.2, 0.25) is 0 Å². The van der Waals surface area contributed by atoms with Crippen LogP contribution in [-0.4, -0.2) is 12.6 Å². The fourth-order valence-electron chi connectivity index (χ4n) is 1.67. The van der Waals surface area contributed by atoms with E-state index in [0.717, 1.165) is 18.7 Å². The maximum atomic E-state index is 5.81. The van der Waals surface area contributed by atoms with E-state index < -0.39 is 0 Å². The summed E-state index contributed by atoms with van der Waals surface area (Å²) in [4.78, 5) is 0. The predicted molar refractivity (Wildman–Crippen MR) is 68.9 cm³/mol. The minimum absolute atomic E-state index is 0.222. The van der Waals surface area contributed by atoms with Gasteiger partial charge in [-0.1, -0.05) is 25.1 Å². The van der Waals surface area contributed by atoms with Crippen molar-refractivity contribution in [1.29, 1.82) is 0 Å². The van der Waals surface area contributed by atoms with Gasteiger partial charge in [-0.05, 0) is 39.8 Å². The average molecular weight is 221 g/mol. The normalized spacial score (nSPS) is 12.8. The maximum Gasteiger partial charge on any atom is 0.124 e. The molecule has 1 rings (SSSR count). The van der Waals surface area contributed by atoms with Crippen LogP contribution in [0.25, 0.3) is 0 Å². The Labute approximate surface area is 99.0 Å². The van der Waals surface area contributed by atoms with E-state index in [1.165, 1.54) is 5.56 Å². The fourth-order valence-corrected chi connectivity index (χ4v) is 1.67. The Morgan fingerprint density at radius 1 is 1.19 bits per heavy atom. The van der Waals surface area contributed by atoms with Crippen LogP contribution >= 0.6 is 0 Å². The highest BCUT2D eigenvalue weighted by Gasteiger charge is 2.10. The lowest BCUT2D eigenvalue weighted by Crippen LogP contribution is -2.20. The first-order valence-corrected chi connectivity index (χ1v) is 6.14. The molecule has 2 heteroatoms. The Balaban J connectivity index is 2.76. The second-order valence-electron chi connectivity index (χ2n) is 4.38. The second kappa shape index (κ2) is 6.54. The van der Waals surface area contributed by atoms with Crippen molar-refractivity contribution in [3.63, 3.8) is 0 Å². The van der Waals surface area contributed by atoms with Crippen molar-refractivity contribution in [3.05, 3.63) is 29.8 Å².